The van der Waals surface area contributed by atoms with E-state index in [9.17, 15) is 5.11 Å². The van der Waals surface area contributed by atoms with Crippen molar-refractivity contribution in [2.45, 2.75) is 30.9 Å². The first-order valence-electron chi connectivity index (χ1n) is 5.54. The van der Waals surface area contributed by atoms with Crippen molar-refractivity contribution in [1.82, 2.24) is 10.2 Å². The van der Waals surface area contributed by atoms with Crippen LogP contribution in [0.4, 0.5) is 0 Å². The molecule has 0 aliphatic carbocycles. The summed E-state index contributed by atoms with van der Waals surface area (Å²) in [5, 5.41) is 13.4. The summed E-state index contributed by atoms with van der Waals surface area (Å²) in [4.78, 5) is 2.33. The van der Waals surface area contributed by atoms with Crippen LogP contribution in [0.15, 0.2) is 0 Å². The summed E-state index contributed by atoms with van der Waals surface area (Å²) in [6.07, 6.45) is 2.05. The van der Waals surface area contributed by atoms with Gasteiger partial charge in [0.1, 0.15) is 5.60 Å². The monoisotopic (exact) mass is 199 g/mol. The van der Waals surface area contributed by atoms with Crippen molar-refractivity contribution in [1.29, 1.82) is 0 Å². The minimum absolute atomic E-state index is 0.396. The van der Waals surface area contributed by atoms with Crippen molar-refractivity contribution in [3.8, 4) is 0 Å². The molecule has 2 aliphatic rings. The molecule has 0 amide bonds. The Morgan fingerprint density at radius 1 is 1.50 bits per heavy atom. The van der Waals surface area contributed by atoms with Crippen LogP contribution in [-0.4, -0.2) is 53.9 Å². The van der Waals surface area contributed by atoms with Crippen LogP contribution in [0.3, 0.4) is 0 Å². The number of hydrogen-bond acceptors (Lipinski definition) is 4. The number of aliphatic hydroxyl groups is 1. The first kappa shape index (κ1) is 10.4. The van der Waals surface area contributed by atoms with Gasteiger partial charge in [-0.25, -0.2) is 0 Å². The highest BCUT2D eigenvalue weighted by atomic mass is 16.3. The second kappa shape index (κ2) is 3.45. The van der Waals surface area contributed by atoms with E-state index in [1.54, 1.807) is 0 Å². The average molecular weight is 199 g/mol. The van der Waals surface area contributed by atoms with Gasteiger partial charge in [0.05, 0.1) is 5.54 Å². The molecule has 0 spiro atoms. The molecule has 0 aromatic heterocycles. The molecule has 4 N–H and O–H groups in total. The van der Waals surface area contributed by atoms with E-state index >= 15 is 0 Å². The zero-order valence-corrected chi connectivity index (χ0v) is 8.92. The Morgan fingerprint density at radius 3 is 2.71 bits per heavy atom. The second-order valence-electron chi connectivity index (χ2n) is 4.76. The Balaban J connectivity index is 2.06. The van der Waals surface area contributed by atoms with Gasteiger partial charge in [0.2, 0.25) is 0 Å². The molecular formula is C10H21N3O. The zero-order chi connectivity index (χ0) is 10.2. The van der Waals surface area contributed by atoms with Crippen LogP contribution < -0.4 is 11.1 Å². The molecule has 2 aliphatic heterocycles. The lowest BCUT2D eigenvalue weighted by Gasteiger charge is -2.54. The number of nitrogens with one attached hydrogen (secondary N) is 1. The topological polar surface area (TPSA) is 61.5 Å². The molecule has 0 saturated carbocycles. The third-order valence-corrected chi connectivity index (χ3v) is 3.81. The van der Waals surface area contributed by atoms with Crippen LogP contribution in [0.1, 0.15) is 19.8 Å². The standard InChI is InChI=1S/C10H21N3O/c1-2-13-5-3-4-9(11,8-13)10(14)6-12-7-10/h12,14H,2-8,11H2,1H3. The van der Waals surface area contributed by atoms with Crippen molar-refractivity contribution < 1.29 is 5.11 Å². The number of rotatable bonds is 2. The predicted molar refractivity (Wildman–Crippen MR) is 56.1 cm³/mol. The smallest absolute Gasteiger partial charge is 0.109 e. The summed E-state index contributed by atoms with van der Waals surface area (Å²) in [6.45, 7) is 6.44. The van der Waals surface area contributed by atoms with E-state index < -0.39 is 11.1 Å². The quantitative estimate of drug-likeness (QED) is 0.541. The van der Waals surface area contributed by atoms with Gasteiger partial charge in [0, 0.05) is 19.6 Å². The van der Waals surface area contributed by atoms with Crippen molar-refractivity contribution in [3.63, 3.8) is 0 Å². The minimum Gasteiger partial charge on any atom is -0.385 e. The van der Waals surface area contributed by atoms with Crippen molar-refractivity contribution in [3.05, 3.63) is 0 Å². The zero-order valence-electron chi connectivity index (χ0n) is 8.92. The van der Waals surface area contributed by atoms with Gasteiger partial charge < -0.3 is 21.1 Å². The number of β-amino-alcohol motifs (C(OH)–C–C–N with tert-alkyl or cyclic N) is 1. The first-order valence-corrected chi connectivity index (χ1v) is 5.54. The predicted octanol–water partition coefficient (Wildman–Crippen LogP) is -0.866. The van der Waals surface area contributed by atoms with E-state index in [0.29, 0.717) is 13.1 Å². The van der Waals surface area contributed by atoms with Gasteiger partial charge in [-0.15, -0.1) is 0 Å². The molecule has 2 saturated heterocycles. The average Bonchev–Trinajstić information content (AvgIpc) is 2.14. The number of nitrogens with zero attached hydrogens (tertiary/aromatic N) is 1. The molecule has 0 aromatic rings. The largest absolute Gasteiger partial charge is 0.385 e. The molecule has 0 aromatic carbocycles. The van der Waals surface area contributed by atoms with Crippen molar-refractivity contribution in [2.24, 2.45) is 5.73 Å². The van der Waals surface area contributed by atoms with Gasteiger partial charge >= 0.3 is 0 Å². The summed E-state index contributed by atoms with van der Waals surface area (Å²) in [7, 11) is 0. The number of likely N-dealkylation sites (N-methyl/N-ethyl adjacent to an activating group) is 1. The van der Waals surface area contributed by atoms with Crippen LogP contribution in [0.2, 0.25) is 0 Å². The lowest BCUT2D eigenvalue weighted by molar-refractivity contribution is -0.0986. The maximum absolute atomic E-state index is 10.3. The Bertz CT molecular complexity index is 217. The van der Waals surface area contributed by atoms with Crippen molar-refractivity contribution >= 4 is 0 Å². The number of likely N-dealkylation sites (tertiary alicyclic amines) is 1. The highest BCUT2D eigenvalue weighted by Crippen LogP contribution is 2.32. The number of piperidine rings is 1. The highest BCUT2D eigenvalue weighted by Gasteiger charge is 2.52. The molecular weight excluding hydrogens is 178 g/mol. The fourth-order valence-corrected chi connectivity index (χ4v) is 2.54. The van der Waals surface area contributed by atoms with Crippen LogP contribution in [0.25, 0.3) is 0 Å². The van der Waals surface area contributed by atoms with Gasteiger partial charge in [-0.3, -0.25) is 0 Å². The Hall–Kier alpha value is -0.160. The fourth-order valence-electron chi connectivity index (χ4n) is 2.54. The summed E-state index contributed by atoms with van der Waals surface area (Å²) in [6, 6.07) is 0. The molecule has 0 radical (unpaired) electrons. The summed E-state index contributed by atoms with van der Waals surface area (Å²) < 4.78 is 0. The third-order valence-electron chi connectivity index (χ3n) is 3.81. The van der Waals surface area contributed by atoms with E-state index in [-0.39, 0.29) is 0 Å². The minimum atomic E-state index is -0.666. The second-order valence-corrected chi connectivity index (χ2v) is 4.76. The highest BCUT2D eigenvalue weighted by molar-refractivity contribution is 5.13. The maximum Gasteiger partial charge on any atom is 0.109 e. The lowest BCUT2D eigenvalue weighted by Crippen LogP contribution is -2.78. The number of nitrogens with two attached hydrogens (primary N) is 1. The van der Waals surface area contributed by atoms with Crippen LogP contribution >= 0.6 is 0 Å². The molecule has 4 heteroatoms. The molecule has 14 heavy (non-hydrogen) atoms. The molecule has 2 fully saturated rings. The van der Waals surface area contributed by atoms with Gasteiger partial charge in [-0.1, -0.05) is 6.92 Å². The van der Waals surface area contributed by atoms with E-state index in [1.165, 1.54) is 0 Å². The van der Waals surface area contributed by atoms with E-state index in [2.05, 4.69) is 17.1 Å². The molecule has 1 unspecified atom stereocenters. The normalized spacial score (nSPS) is 37.9. The first-order chi connectivity index (χ1) is 6.60. The van der Waals surface area contributed by atoms with Gasteiger partial charge in [0.15, 0.2) is 0 Å². The Labute approximate surface area is 85.5 Å². The van der Waals surface area contributed by atoms with Crippen LogP contribution in [0.5, 0.6) is 0 Å². The van der Waals surface area contributed by atoms with E-state index in [0.717, 1.165) is 32.5 Å². The summed E-state index contributed by atoms with van der Waals surface area (Å²) in [5.74, 6) is 0. The number of hydrogen-bond donors (Lipinski definition) is 3. The van der Waals surface area contributed by atoms with E-state index in [4.69, 9.17) is 5.73 Å². The molecule has 2 heterocycles. The van der Waals surface area contributed by atoms with Gasteiger partial charge in [0.25, 0.3) is 0 Å². The summed E-state index contributed by atoms with van der Waals surface area (Å²) in [5.41, 5.74) is 5.27. The SMILES string of the molecule is CCN1CCCC(N)(C2(O)CNC2)C1. The molecule has 2 rings (SSSR count). The summed E-state index contributed by atoms with van der Waals surface area (Å²) >= 11 is 0. The van der Waals surface area contributed by atoms with E-state index in [1.807, 2.05) is 0 Å². The molecule has 0 bridgehead atoms. The third kappa shape index (κ3) is 1.46. The molecule has 1 atom stereocenters. The maximum atomic E-state index is 10.3. The van der Waals surface area contributed by atoms with Gasteiger partial charge in [-0.05, 0) is 25.9 Å². The van der Waals surface area contributed by atoms with Crippen molar-refractivity contribution in [2.75, 3.05) is 32.7 Å². The van der Waals surface area contributed by atoms with Crippen LogP contribution in [0, 0.1) is 0 Å². The Morgan fingerprint density at radius 2 is 2.21 bits per heavy atom. The van der Waals surface area contributed by atoms with Gasteiger partial charge in [-0.2, -0.15) is 0 Å². The van der Waals surface area contributed by atoms with Crippen LogP contribution in [-0.2, 0) is 0 Å². The molecule has 82 valence electrons. The molecule has 4 nitrogen and oxygen atoms in total. The Kier molecular flexibility index (Phi) is 2.55. The fraction of sp³-hybridized carbons (Fsp3) is 1.00. The lowest BCUT2D eigenvalue weighted by atomic mass is 9.71.